The summed E-state index contributed by atoms with van der Waals surface area (Å²) in [6.07, 6.45) is 0. The van der Waals surface area contributed by atoms with Crippen LogP contribution in [0.1, 0.15) is 5.56 Å². The molecule has 0 aromatic heterocycles. The molecule has 0 radical (unpaired) electrons. The molecule has 1 N–H and O–H groups in total. The van der Waals surface area contributed by atoms with Crippen molar-refractivity contribution in [3.63, 3.8) is 0 Å². The summed E-state index contributed by atoms with van der Waals surface area (Å²) in [4.78, 5) is -0.230. The molecule has 0 saturated heterocycles. The van der Waals surface area contributed by atoms with Gasteiger partial charge in [-0.05, 0) is 41.5 Å². The molecule has 0 unspecified atom stereocenters. The van der Waals surface area contributed by atoms with Crippen LogP contribution in [0.3, 0.4) is 0 Å². The molecular weight excluding hydrogens is 407 g/mol. The Kier molecular flexibility index (Phi) is 4.92. The largest absolute Gasteiger partial charge is 0.507 e. The number of hydrogen-bond donors (Lipinski definition) is 1. The molecule has 3 nitrogen and oxygen atoms in total. The van der Waals surface area contributed by atoms with E-state index in [1.54, 1.807) is 6.07 Å². The Morgan fingerprint density at radius 1 is 0.920 bits per heavy atom. The predicted octanol–water partition coefficient (Wildman–Crippen LogP) is 4.93. The van der Waals surface area contributed by atoms with E-state index in [1.165, 1.54) is 30.3 Å². The van der Waals surface area contributed by atoms with Gasteiger partial charge in [0.05, 0.1) is 5.75 Å². The minimum atomic E-state index is -3.91. The first-order valence-corrected chi connectivity index (χ1v) is 9.86. The zero-order valence-electron chi connectivity index (χ0n) is 13.0. The van der Waals surface area contributed by atoms with Gasteiger partial charge in [0.25, 0.3) is 0 Å². The minimum absolute atomic E-state index is 0.0562. The van der Waals surface area contributed by atoms with Gasteiger partial charge in [-0.3, -0.25) is 0 Å². The third kappa shape index (κ3) is 3.91. The second-order valence-electron chi connectivity index (χ2n) is 5.54. The normalized spacial score (nSPS) is 11.4. The summed E-state index contributed by atoms with van der Waals surface area (Å²) in [6.45, 7) is 0. The van der Waals surface area contributed by atoms with Gasteiger partial charge in [0.1, 0.15) is 16.5 Å². The highest BCUT2D eigenvalue weighted by atomic mass is 79.9. The van der Waals surface area contributed by atoms with E-state index >= 15 is 0 Å². The van der Waals surface area contributed by atoms with Crippen molar-refractivity contribution in [2.24, 2.45) is 0 Å². The number of rotatable bonds is 4. The zero-order valence-corrected chi connectivity index (χ0v) is 15.4. The summed E-state index contributed by atoms with van der Waals surface area (Å²) in [5.41, 5.74) is 1.65. The Balaban J connectivity index is 2.01. The summed E-state index contributed by atoms with van der Waals surface area (Å²) >= 11 is 3.18. The second-order valence-corrected chi connectivity index (χ2v) is 8.42. The van der Waals surface area contributed by atoms with Crippen LogP contribution in [0.4, 0.5) is 4.39 Å². The van der Waals surface area contributed by atoms with Crippen molar-refractivity contribution in [3.8, 4) is 16.9 Å². The maximum Gasteiger partial charge on any atom is 0.186 e. The molecule has 0 aliphatic rings. The summed E-state index contributed by atoms with van der Waals surface area (Å²) in [6, 6.07) is 17.8. The molecule has 0 bridgehead atoms. The Hall–Kier alpha value is -2.18. The Morgan fingerprint density at radius 3 is 2.36 bits per heavy atom. The van der Waals surface area contributed by atoms with Crippen molar-refractivity contribution >= 4 is 25.8 Å². The van der Waals surface area contributed by atoms with Crippen molar-refractivity contribution in [1.29, 1.82) is 0 Å². The van der Waals surface area contributed by atoms with Gasteiger partial charge in [0, 0.05) is 10.0 Å². The first kappa shape index (κ1) is 17.6. The quantitative estimate of drug-likeness (QED) is 0.650. The van der Waals surface area contributed by atoms with Gasteiger partial charge < -0.3 is 5.11 Å². The average Bonchev–Trinajstić information content (AvgIpc) is 2.59. The Bertz CT molecular complexity index is 1020. The monoisotopic (exact) mass is 420 g/mol. The lowest BCUT2D eigenvalue weighted by molar-refractivity contribution is 0.458. The highest BCUT2D eigenvalue weighted by Gasteiger charge is 2.22. The molecule has 128 valence electrons. The van der Waals surface area contributed by atoms with Gasteiger partial charge in [-0.25, -0.2) is 12.8 Å². The molecule has 3 aromatic rings. The topological polar surface area (TPSA) is 54.4 Å². The van der Waals surface area contributed by atoms with E-state index < -0.39 is 21.4 Å². The molecule has 0 amide bonds. The fourth-order valence-corrected chi connectivity index (χ4v) is 4.51. The fourth-order valence-electron chi connectivity index (χ4n) is 2.52. The third-order valence-corrected chi connectivity index (χ3v) is 5.94. The van der Waals surface area contributed by atoms with Gasteiger partial charge >= 0.3 is 0 Å². The molecule has 0 spiro atoms. The third-order valence-electron chi connectivity index (χ3n) is 3.76. The van der Waals surface area contributed by atoms with Crippen molar-refractivity contribution in [2.75, 3.05) is 0 Å². The smallest absolute Gasteiger partial charge is 0.186 e. The molecular formula is C19H14BrFO3S. The Labute approximate surface area is 153 Å². The summed E-state index contributed by atoms with van der Waals surface area (Å²) in [7, 11) is -3.91. The Morgan fingerprint density at radius 2 is 1.64 bits per heavy atom. The molecule has 0 heterocycles. The number of phenols is 1. The predicted molar refractivity (Wildman–Crippen MR) is 98.5 cm³/mol. The summed E-state index contributed by atoms with van der Waals surface area (Å²) in [5, 5.41) is 9.86. The molecule has 0 saturated carbocycles. The van der Waals surface area contributed by atoms with Crippen molar-refractivity contribution in [3.05, 3.63) is 82.6 Å². The van der Waals surface area contributed by atoms with E-state index in [9.17, 15) is 17.9 Å². The molecule has 3 aromatic carbocycles. The molecule has 6 heteroatoms. The van der Waals surface area contributed by atoms with Crippen LogP contribution >= 0.6 is 15.9 Å². The highest BCUT2D eigenvalue weighted by Crippen LogP contribution is 2.30. The summed E-state index contributed by atoms with van der Waals surface area (Å²) in [5.74, 6) is -1.50. The van der Waals surface area contributed by atoms with Crippen LogP contribution < -0.4 is 0 Å². The van der Waals surface area contributed by atoms with E-state index in [-0.39, 0.29) is 16.2 Å². The van der Waals surface area contributed by atoms with Crippen LogP contribution in [0.15, 0.2) is 76.1 Å². The first-order valence-electron chi connectivity index (χ1n) is 7.42. The second kappa shape index (κ2) is 6.98. The molecule has 0 aliphatic heterocycles. The number of phenolic OH excluding ortho intramolecular Hbond substituents is 1. The lowest BCUT2D eigenvalue weighted by atomic mass is 10.0. The van der Waals surface area contributed by atoms with Crippen LogP contribution in [0.2, 0.25) is 0 Å². The van der Waals surface area contributed by atoms with E-state index in [2.05, 4.69) is 15.9 Å². The first-order chi connectivity index (χ1) is 11.9. The van der Waals surface area contributed by atoms with E-state index in [0.717, 1.165) is 11.1 Å². The minimum Gasteiger partial charge on any atom is -0.507 e. The molecule has 0 atom stereocenters. The van der Waals surface area contributed by atoms with Crippen molar-refractivity contribution in [2.45, 2.75) is 10.6 Å². The number of sulfone groups is 1. The molecule has 0 fully saturated rings. The van der Waals surface area contributed by atoms with Gasteiger partial charge in [-0.1, -0.05) is 52.3 Å². The molecule has 25 heavy (non-hydrogen) atoms. The maximum atomic E-state index is 14.2. The van der Waals surface area contributed by atoms with Crippen molar-refractivity contribution in [1.82, 2.24) is 0 Å². The van der Waals surface area contributed by atoms with E-state index in [4.69, 9.17) is 0 Å². The van der Waals surface area contributed by atoms with E-state index in [0.29, 0.717) is 4.47 Å². The maximum absolute atomic E-state index is 14.2. The highest BCUT2D eigenvalue weighted by molar-refractivity contribution is 9.10. The summed E-state index contributed by atoms with van der Waals surface area (Å²) < 4.78 is 39.9. The zero-order chi connectivity index (χ0) is 18.0. The van der Waals surface area contributed by atoms with Crippen LogP contribution in [0, 0.1) is 5.82 Å². The van der Waals surface area contributed by atoms with Gasteiger partial charge in [0.2, 0.25) is 0 Å². The number of aromatic hydroxyl groups is 1. The van der Waals surface area contributed by atoms with Crippen LogP contribution in [-0.2, 0) is 15.6 Å². The van der Waals surface area contributed by atoms with Crippen LogP contribution in [0.5, 0.6) is 5.75 Å². The van der Waals surface area contributed by atoms with Crippen LogP contribution in [0.25, 0.3) is 11.1 Å². The van der Waals surface area contributed by atoms with Gasteiger partial charge in [-0.2, -0.15) is 0 Å². The molecule has 3 rings (SSSR count). The molecule has 0 aliphatic carbocycles. The lowest BCUT2D eigenvalue weighted by Crippen LogP contribution is -2.07. The average molecular weight is 421 g/mol. The SMILES string of the molecule is O=S(=O)(Cc1cc(-c2ccccc2)ccc1F)c1cc(Br)ccc1O. The van der Waals surface area contributed by atoms with E-state index in [1.807, 2.05) is 30.3 Å². The van der Waals surface area contributed by atoms with Crippen molar-refractivity contribution < 1.29 is 17.9 Å². The number of benzene rings is 3. The standard InChI is InChI=1S/C19H14BrFO3S/c20-16-7-9-18(22)19(11-16)25(23,24)12-15-10-14(6-8-17(15)21)13-4-2-1-3-5-13/h1-11,22H,12H2. The lowest BCUT2D eigenvalue weighted by Gasteiger charge is -2.10. The number of hydrogen-bond acceptors (Lipinski definition) is 3. The number of halogens is 2. The van der Waals surface area contributed by atoms with Gasteiger partial charge in [-0.15, -0.1) is 0 Å². The fraction of sp³-hybridized carbons (Fsp3) is 0.0526. The van der Waals surface area contributed by atoms with Crippen LogP contribution in [-0.4, -0.2) is 13.5 Å². The van der Waals surface area contributed by atoms with Gasteiger partial charge in [0.15, 0.2) is 9.84 Å².